The van der Waals surface area contributed by atoms with E-state index in [1.165, 1.54) is 12.8 Å². The lowest BCUT2D eigenvalue weighted by Gasteiger charge is -2.12. The van der Waals surface area contributed by atoms with Gasteiger partial charge in [0, 0.05) is 6.54 Å². The van der Waals surface area contributed by atoms with E-state index < -0.39 is 0 Å². The highest BCUT2D eigenvalue weighted by Gasteiger charge is 2.27. The largest absolute Gasteiger partial charge is 0.387 e. The second kappa shape index (κ2) is 4.03. The third-order valence-electron chi connectivity index (χ3n) is 2.70. The molecule has 1 aliphatic carbocycles. The summed E-state index contributed by atoms with van der Waals surface area (Å²) in [6.07, 6.45) is 4.82. The van der Waals surface area contributed by atoms with Gasteiger partial charge in [0.2, 0.25) is 0 Å². The Hall–Kier alpha value is -0.350. The molecule has 1 aromatic heterocycles. The zero-order chi connectivity index (χ0) is 10.1. The molecule has 1 N–H and O–H groups in total. The number of hydrogen-bond acceptors (Lipinski definition) is 2. The van der Waals surface area contributed by atoms with E-state index in [1.54, 1.807) is 6.20 Å². The van der Waals surface area contributed by atoms with E-state index >= 15 is 0 Å². The summed E-state index contributed by atoms with van der Waals surface area (Å²) in [6.45, 7) is 2.84. The maximum atomic E-state index is 10.0. The van der Waals surface area contributed by atoms with Crippen LogP contribution in [0.2, 0.25) is 0 Å². The molecule has 4 heteroatoms. The van der Waals surface area contributed by atoms with Crippen LogP contribution < -0.4 is 0 Å². The van der Waals surface area contributed by atoms with Gasteiger partial charge in [-0.1, -0.05) is 12.8 Å². The number of aryl methyl sites for hydroxylation is 1. The van der Waals surface area contributed by atoms with Crippen molar-refractivity contribution in [2.75, 3.05) is 0 Å². The average Bonchev–Trinajstić information content (AvgIpc) is 2.87. The van der Waals surface area contributed by atoms with Gasteiger partial charge in [0.05, 0.1) is 22.5 Å². The molecular weight excluding hydrogens is 244 g/mol. The second-order valence-corrected chi connectivity index (χ2v) is 4.74. The van der Waals surface area contributed by atoms with Gasteiger partial charge in [0.25, 0.3) is 0 Å². The predicted octanol–water partition coefficient (Wildman–Crippen LogP) is 2.50. The zero-order valence-corrected chi connectivity index (χ0v) is 9.87. The normalized spacial score (nSPS) is 18.5. The Morgan fingerprint density at radius 3 is 3.00 bits per heavy atom. The molecule has 3 nitrogen and oxygen atoms in total. The van der Waals surface area contributed by atoms with Crippen molar-refractivity contribution in [1.29, 1.82) is 0 Å². The summed E-state index contributed by atoms with van der Waals surface area (Å²) in [7, 11) is 0. The van der Waals surface area contributed by atoms with Gasteiger partial charge in [-0.05, 0) is 35.2 Å². The highest BCUT2D eigenvalue weighted by atomic mass is 79.9. The van der Waals surface area contributed by atoms with Gasteiger partial charge in [-0.15, -0.1) is 0 Å². The molecule has 2 rings (SSSR count). The van der Waals surface area contributed by atoms with E-state index in [2.05, 4.69) is 21.0 Å². The number of aromatic nitrogens is 2. The van der Waals surface area contributed by atoms with Crippen molar-refractivity contribution in [2.45, 2.75) is 38.8 Å². The van der Waals surface area contributed by atoms with E-state index in [9.17, 15) is 5.11 Å². The Labute approximate surface area is 92.2 Å². The van der Waals surface area contributed by atoms with Gasteiger partial charge in [0.15, 0.2) is 0 Å². The summed E-state index contributed by atoms with van der Waals surface area (Å²) in [5.74, 6) is 0.733. The van der Waals surface area contributed by atoms with Crippen molar-refractivity contribution in [3.63, 3.8) is 0 Å². The molecule has 78 valence electrons. The Balaban J connectivity index is 2.14. The van der Waals surface area contributed by atoms with Crippen LogP contribution in [0.5, 0.6) is 0 Å². The Kier molecular flexibility index (Phi) is 2.93. The number of nitrogens with zero attached hydrogens (tertiary/aromatic N) is 2. The molecular formula is C10H15BrN2O. The molecule has 1 fully saturated rings. The fourth-order valence-corrected chi connectivity index (χ4v) is 2.30. The molecule has 0 saturated heterocycles. The van der Waals surface area contributed by atoms with Gasteiger partial charge in [-0.25, -0.2) is 0 Å². The minimum atomic E-state index is -0.362. The molecule has 14 heavy (non-hydrogen) atoms. The number of hydrogen-bond donors (Lipinski definition) is 1. The first-order valence-corrected chi connectivity index (χ1v) is 5.91. The van der Waals surface area contributed by atoms with Crippen LogP contribution in [0.15, 0.2) is 10.7 Å². The number of aliphatic hydroxyl groups excluding tert-OH is 1. The number of halogens is 1. The first-order valence-electron chi connectivity index (χ1n) is 5.11. The van der Waals surface area contributed by atoms with Crippen LogP contribution in [0.1, 0.15) is 38.0 Å². The van der Waals surface area contributed by atoms with Gasteiger partial charge in [0.1, 0.15) is 0 Å². The lowest BCUT2D eigenvalue weighted by molar-refractivity contribution is 0.149. The molecule has 0 amide bonds. The lowest BCUT2D eigenvalue weighted by atomic mass is 10.1. The van der Waals surface area contributed by atoms with Crippen molar-refractivity contribution in [1.82, 2.24) is 9.78 Å². The lowest BCUT2D eigenvalue weighted by Crippen LogP contribution is -2.09. The minimum absolute atomic E-state index is 0.362. The maximum absolute atomic E-state index is 10.0. The van der Waals surface area contributed by atoms with Crippen molar-refractivity contribution in [2.24, 2.45) is 5.92 Å². The summed E-state index contributed by atoms with van der Waals surface area (Å²) in [5.41, 5.74) is 0.930. The fourth-order valence-electron chi connectivity index (χ4n) is 1.74. The third kappa shape index (κ3) is 2.01. The molecule has 1 heterocycles. The van der Waals surface area contributed by atoms with Gasteiger partial charge in [-0.2, -0.15) is 5.10 Å². The molecule has 0 aromatic carbocycles. The first kappa shape index (κ1) is 10.2. The van der Waals surface area contributed by atoms with E-state index in [0.29, 0.717) is 0 Å². The van der Waals surface area contributed by atoms with Crippen molar-refractivity contribution >= 4 is 15.9 Å². The first-order chi connectivity index (χ1) is 6.72. The quantitative estimate of drug-likeness (QED) is 0.902. The van der Waals surface area contributed by atoms with E-state index in [0.717, 1.165) is 29.1 Å². The van der Waals surface area contributed by atoms with E-state index in [-0.39, 0.29) is 6.10 Å². The summed E-state index contributed by atoms with van der Waals surface area (Å²) >= 11 is 3.43. The van der Waals surface area contributed by atoms with Crippen LogP contribution in [-0.2, 0) is 6.54 Å². The van der Waals surface area contributed by atoms with E-state index in [1.807, 2.05) is 11.6 Å². The Morgan fingerprint density at radius 2 is 2.43 bits per heavy atom. The predicted molar refractivity (Wildman–Crippen MR) is 57.9 cm³/mol. The van der Waals surface area contributed by atoms with Crippen LogP contribution >= 0.6 is 15.9 Å². The number of rotatable bonds is 4. The van der Waals surface area contributed by atoms with E-state index in [4.69, 9.17) is 0 Å². The van der Waals surface area contributed by atoms with Gasteiger partial charge in [-0.3, -0.25) is 4.68 Å². The van der Waals surface area contributed by atoms with Crippen molar-refractivity contribution < 1.29 is 5.11 Å². The summed E-state index contributed by atoms with van der Waals surface area (Å²) in [5, 5.41) is 14.2. The Bertz CT molecular complexity index is 320. The molecule has 0 bridgehead atoms. The Morgan fingerprint density at radius 1 is 1.71 bits per heavy atom. The fraction of sp³-hybridized carbons (Fsp3) is 0.700. The molecule has 1 aromatic rings. The molecule has 1 aliphatic rings. The van der Waals surface area contributed by atoms with Crippen molar-refractivity contribution in [3.8, 4) is 0 Å². The standard InChI is InChI=1S/C10H15BrN2O/c1-2-13-10(8(11)6-12-13)9(14)5-7-3-4-7/h6-7,9,14H,2-5H2,1H3. The molecule has 1 saturated carbocycles. The minimum Gasteiger partial charge on any atom is -0.387 e. The molecule has 0 spiro atoms. The van der Waals surface area contributed by atoms with Gasteiger partial charge < -0.3 is 5.11 Å². The summed E-state index contributed by atoms with van der Waals surface area (Å²) in [4.78, 5) is 0. The molecule has 0 radical (unpaired) electrons. The molecule has 1 unspecified atom stereocenters. The highest BCUT2D eigenvalue weighted by molar-refractivity contribution is 9.10. The third-order valence-corrected chi connectivity index (χ3v) is 3.31. The zero-order valence-electron chi connectivity index (χ0n) is 8.28. The molecule has 0 aliphatic heterocycles. The molecule has 1 atom stereocenters. The van der Waals surface area contributed by atoms with Crippen LogP contribution in [0.3, 0.4) is 0 Å². The SMILES string of the molecule is CCn1ncc(Br)c1C(O)CC1CC1. The maximum Gasteiger partial charge on any atom is 0.0970 e. The van der Waals surface area contributed by atoms with Crippen LogP contribution in [-0.4, -0.2) is 14.9 Å². The monoisotopic (exact) mass is 258 g/mol. The summed E-state index contributed by atoms with van der Waals surface area (Å²) < 4.78 is 2.78. The van der Waals surface area contributed by atoms with Gasteiger partial charge >= 0.3 is 0 Å². The topological polar surface area (TPSA) is 38.0 Å². The highest BCUT2D eigenvalue weighted by Crippen LogP contribution is 2.38. The second-order valence-electron chi connectivity index (χ2n) is 3.89. The smallest absolute Gasteiger partial charge is 0.0970 e. The van der Waals surface area contributed by atoms with Crippen LogP contribution in [0, 0.1) is 5.92 Å². The van der Waals surface area contributed by atoms with Crippen LogP contribution in [0.25, 0.3) is 0 Å². The summed E-state index contributed by atoms with van der Waals surface area (Å²) in [6, 6.07) is 0. The number of aliphatic hydroxyl groups is 1. The van der Waals surface area contributed by atoms with Crippen molar-refractivity contribution in [3.05, 3.63) is 16.4 Å². The average molecular weight is 259 g/mol. The van der Waals surface area contributed by atoms with Crippen LogP contribution in [0.4, 0.5) is 0 Å².